The highest BCUT2D eigenvalue weighted by Crippen LogP contribution is 2.48. The molecule has 0 spiro atoms. The molecule has 0 aliphatic heterocycles. The van der Waals surface area contributed by atoms with Crippen molar-refractivity contribution in [2.75, 3.05) is 17.2 Å². The summed E-state index contributed by atoms with van der Waals surface area (Å²) in [6.45, 7) is 20.5. The van der Waals surface area contributed by atoms with Gasteiger partial charge in [-0.3, -0.25) is 20.2 Å². The van der Waals surface area contributed by atoms with Gasteiger partial charge in [-0.05, 0) is 101 Å². The number of Topliss-reactive ketones (excluding diaryl/α,β-unsaturated/α-hetero) is 1. The van der Waals surface area contributed by atoms with Crippen LogP contribution >= 0.6 is 0 Å². The second-order valence-electron chi connectivity index (χ2n) is 23.3. The summed E-state index contributed by atoms with van der Waals surface area (Å²) in [5, 5.41) is 13.4. The Kier molecular flexibility index (Phi) is 25.4. The normalized spacial score (nSPS) is 13.2. The average molecular weight is 1400 g/mol. The summed E-state index contributed by atoms with van der Waals surface area (Å²) in [6, 6.07) is 28.6. The van der Waals surface area contributed by atoms with Crippen molar-refractivity contribution >= 4 is 35.3 Å². The number of carbonyl (C=O) groups excluding carboxylic acids is 4. The molecule has 18 nitrogen and oxygen atoms in total. The molecule has 3 heterocycles. The first-order valence-corrected chi connectivity index (χ1v) is 29.6. The van der Waals surface area contributed by atoms with Crippen molar-refractivity contribution in [2.24, 2.45) is 0 Å². The first-order valence-electron chi connectivity index (χ1n) is 29.6. The summed E-state index contributed by atoms with van der Waals surface area (Å²) in [7, 11) is 0. The fraction of sp³-hybridized carbons (Fsp3) is 0.304. The van der Waals surface area contributed by atoms with Crippen molar-refractivity contribution < 1.29 is 105 Å². The third kappa shape index (κ3) is 20.8. The lowest BCUT2D eigenvalue weighted by Crippen LogP contribution is -2.59. The van der Waals surface area contributed by atoms with Crippen LogP contribution in [0.4, 0.5) is 73.6 Å². The number of nitrogens with one attached hydrogen (secondary N) is 3. The number of rotatable bonds is 26. The van der Waals surface area contributed by atoms with Crippen molar-refractivity contribution in [3.63, 3.8) is 0 Å². The molecule has 0 saturated carbocycles. The summed E-state index contributed by atoms with van der Waals surface area (Å²) in [5.74, 6) is -7.16. The van der Waals surface area contributed by atoms with Crippen molar-refractivity contribution in [1.29, 1.82) is 0 Å². The highest BCUT2D eigenvalue weighted by molar-refractivity contribution is 6.05. The Morgan fingerprint density at radius 1 is 0.525 bits per heavy atom. The average Bonchev–Trinajstić information content (AvgIpc) is 1.73. The maximum atomic E-state index is 14.8. The number of aromatic nitrogens is 4. The van der Waals surface area contributed by atoms with E-state index in [2.05, 4.69) is 51.8 Å². The summed E-state index contributed by atoms with van der Waals surface area (Å²) >= 11 is 0. The SMILES string of the molecule is C=CCc1ccccc1Oc1nc(-c2nnc(C(CC=C)(OCc3ccccc3)C(F)(F)F)o2)c(NC(=O)OC(C)(C)C)cc1C(F)(F)F.C=CCc1ccccc1Oc1nc(C(=O)CNC(=O)C(CC=C)(OCc2ccccc2)C(F)(F)F)c(NC(=O)OC(C)(C)C)cc1C(F)(F)F. The number of halogens is 12. The van der Waals surface area contributed by atoms with Gasteiger partial charge in [-0.15, -0.1) is 36.5 Å². The van der Waals surface area contributed by atoms with Crippen LogP contribution in [0.2, 0.25) is 0 Å². The molecule has 3 aromatic heterocycles. The molecule has 3 N–H and O–H groups in total. The number of alkyl halides is 12. The minimum atomic E-state index is -5.31. The van der Waals surface area contributed by atoms with E-state index in [1.54, 1.807) is 72.8 Å². The van der Waals surface area contributed by atoms with E-state index >= 15 is 0 Å². The molecule has 0 fully saturated rings. The molecule has 0 aliphatic rings. The Labute approximate surface area is 560 Å². The first-order chi connectivity index (χ1) is 46.3. The van der Waals surface area contributed by atoms with E-state index in [4.69, 9.17) is 32.8 Å². The zero-order valence-corrected chi connectivity index (χ0v) is 53.9. The number of anilines is 2. The van der Waals surface area contributed by atoms with Gasteiger partial charge in [0.05, 0.1) is 31.1 Å². The van der Waals surface area contributed by atoms with E-state index in [1.165, 1.54) is 90.1 Å². The van der Waals surface area contributed by atoms with Crippen LogP contribution in [0, 0.1) is 0 Å². The van der Waals surface area contributed by atoms with Gasteiger partial charge in [-0.25, -0.2) is 19.6 Å². The van der Waals surface area contributed by atoms with Gasteiger partial charge in [0.2, 0.25) is 28.7 Å². The number of amides is 3. The molecule has 0 radical (unpaired) electrons. The summed E-state index contributed by atoms with van der Waals surface area (Å²) in [5.41, 5.74) is -13.3. The Bertz CT molecular complexity index is 4000. The molecule has 528 valence electrons. The maximum Gasteiger partial charge on any atom is 0.426 e. The van der Waals surface area contributed by atoms with Crippen LogP contribution in [-0.4, -0.2) is 79.7 Å². The van der Waals surface area contributed by atoms with E-state index in [0.29, 0.717) is 34.4 Å². The van der Waals surface area contributed by atoms with E-state index in [9.17, 15) is 71.9 Å². The Morgan fingerprint density at radius 2 is 0.970 bits per heavy atom. The Morgan fingerprint density at radius 3 is 1.41 bits per heavy atom. The molecule has 30 heteroatoms. The van der Waals surface area contributed by atoms with Crippen LogP contribution in [0.15, 0.2) is 176 Å². The highest BCUT2D eigenvalue weighted by Gasteiger charge is 2.62. The smallest absolute Gasteiger partial charge is 0.426 e. The lowest BCUT2D eigenvalue weighted by atomic mass is 9.96. The minimum absolute atomic E-state index is 0.0122. The monoisotopic (exact) mass is 1400 g/mol. The molecule has 4 aromatic carbocycles. The second kappa shape index (κ2) is 32.3. The highest BCUT2D eigenvalue weighted by atomic mass is 19.4. The van der Waals surface area contributed by atoms with Gasteiger partial charge in [0, 0.05) is 12.8 Å². The number of pyridine rings is 2. The molecular formula is C69H67F12N7O11. The predicted molar refractivity (Wildman–Crippen MR) is 338 cm³/mol. The van der Waals surface area contributed by atoms with E-state index < -0.39 is 161 Å². The van der Waals surface area contributed by atoms with Crippen LogP contribution in [0.3, 0.4) is 0 Å². The van der Waals surface area contributed by atoms with Crippen molar-refractivity contribution in [3.05, 3.63) is 217 Å². The lowest BCUT2D eigenvalue weighted by Gasteiger charge is -2.33. The summed E-state index contributed by atoms with van der Waals surface area (Å²) in [4.78, 5) is 59.8. The second-order valence-corrected chi connectivity index (χ2v) is 23.3. The summed E-state index contributed by atoms with van der Waals surface area (Å²) in [6.07, 6.45) is -19.9. The number of para-hydroxylation sites is 2. The summed E-state index contributed by atoms with van der Waals surface area (Å²) < 4.78 is 212. The molecular weight excluding hydrogens is 1330 g/mol. The molecule has 7 rings (SSSR count). The number of hydrogen-bond donors (Lipinski definition) is 3. The Hall–Kier alpha value is -10.4. The molecule has 2 atom stereocenters. The van der Waals surface area contributed by atoms with Gasteiger partial charge >= 0.3 is 36.9 Å². The van der Waals surface area contributed by atoms with Crippen LogP contribution in [-0.2, 0) is 67.8 Å². The van der Waals surface area contributed by atoms with Gasteiger partial charge in [0.25, 0.3) is 17.7 Å². The maximum absolute atomic E-state index is 14.8. The third-order valence-electron chi connectivity index (χ3n) is 13.4. The van der Waals surface area contributed by atoms with Gasteiger partial charge in [0.1, 0.15) is 39.5 Å². The van der Waals surface area contributed by atoms with Crippen LogP contribution < -0.4 is 25.4 Å². The van der Waals surface area contributed by atoms with Crippen molar-refractivity contribution in [3.8, 4) is 34.8 Å². The molecule has 0 bridgehead atoms. The number of nitrogens with zero attached hydrogens (tertiary/aromatic N) is 4. The number of ether oxygens (including phenoxy) is 6. The van der Waals surface area contributed by atoms with E-state index in [-0.39, 0.29) is 24.3 Å². The fourth-order valence-corrected chi connectivity index (χ4v) is 8.92. The van der Waals surface area contributed by atoms with E-state index in [1.807, 2.05) is 10.6 Å². The van der Waals surface area contributed by atoms with Crippen LogP contribution in [0.25, 0.3) is 11.6 Å². The third-order valence-corrected chi connectivity index (χ3v) is 13.4. The standard InChI is InChI=1S/C35H35F6N3O6.C34H32F6N4O5/c1-6-13-23-16-11-12-17-27(23)49-29-24(34(36,37)38)19-25(43-31(47)50-32(3,4)5)28(44-29)26(45)20-42-30(46)33(18-7-2,35(39,40)41)48-21-22-14-9-8-10-15-22;1-6-13-22-16-11-12-17-25(22)47-27-23(33(35,36)37)19-24(41-30(45)49-31(3,4)5)26(42-27)28-43-44-29(48-28)32(18-7-2,34(38,39)40)46-20-21-14-9-8-10-15-21/h6-12,14-17,19H,1-2,13,18,20-21H2,3-5H3,(H,42,46)(H,43,47);6-12,14-17,19H,1-2,13,18,20H2,3-5H3,(H,41,45). The zero-order chi connectivity index (χ0) is 73.4. The molecule has 0 saturated heterocycles. The van der Waals surface area contributed by atoms with Crippen molar-refractivity contribution in [1.82, 2.24) is 25.5 Å². The largest absolute Gasteiger partial charge is 0.444 e. The number of ketones is 1. The Balaban J connectivity index is 0.000000312. The minimum Gasteiger partial charge on any atom is -0.444 e. The molecule has 3 amide bonds. The van der Waals surface area contributed by atoms with Crippen LogP contribution in [0.1, 0.15) is 104 Å². The molecule has 99 heavy (non-hydrogen) atoms. The zero-order valence-electron chi connectivity index (χ0n) is 53.9. The number of benzene rings is 4. The topological polar surface area (TPSA) is 224 Å². The van der Waals surface area contributed by atoms with E-state index in [0.717, 1.165) is 12.2 Å². The number of allylic oxidation sites excluding steroid dienone is 2. The molecule has 0 aliphatic carbocycles. The van der Waals surface area contributed by atoms with Gasteiger partial charge < -0.3 is 38.2 Å². The molecule has 7 aromatic rings. The quantitative estimate of drug-likeness (QED) is 0.0260. The number of hydrogen-bond acceptors (Lipinski definition) is 15. The van der Waals surface area contributed by atoms with Crippen LogP contribution in [0.5, 0.6) is 23.3 Å². The number of carbonyl (C=O) groups is 4. The first kappa shape index (κ1) is 77.6. The molecule has 2 unspecified atom stereocenters. The van der Waals surface area contributed by atoms with Gasteiger partial charge in [0.15, 0.2) is 5.69 Å². The lowest BCUT2D eigenvalue weighted by molar-refractivity contribution is -0.295. The van der Waals surface area contributed by atoms with Gasteiger partial charge in [-0.1, -0.05) is 121 Å². The fourth-order valence-electron chi connectivity index (χ4n) is 8.92. The van der Waals surface area contributed by atoms with Crippen molar-refractivity contribution in [2.45, 2.75) is 128 Å². The predicted octanol–water partition coefficient (Wildman–Crippen LogP) is 17.9. The van der Waals surface area contributed by atoms with Gasteiger partial charge in [-0.2, -0.15) is 52.7 Å².